The predicted octanol–water partition coefficient (Wildman–Crippen LogP) is 3.51. The molecule has 0 saturated heterocycles. The Morgan fingerprint density at radius 2 is 1.60 bits per heavy atom. The summed E-state index contributed by atoms with van der Waals surface area (Å²) >= 11 is 1.40. The van der Waals surface area contributed by atoms with Gasteiger partial charge in [0, 0.05) is 4.91 Å². The van der Waals surface area contributed by atoms with Crippen molar-refractivity contribution >= 4 is 11.8 Å². The smallest absolute Gasteiger partial charge is 0.139 e. The highest BCUT2D eigenvalue weighted by atomic mass is 32.2. The van der Waals surface area contributed by atoms with Crippen molar-refractivity contribution < 1.29 is 0 Å². The molecule has 5 heteroatoms. The molecule has 4 nitrogen and oxygen atoms in total. The maximum absolute atomic E-state index is 9.17. The molecule has 0 aromatic rings. The van der Waals surface area contributed by atoms with Crippen molar-refractivity contribution in [2.24, 2.45) is 17.8 Å². The van der Waals surface area contributed by atoms with Crippen molar-refractivity contribution in [2.75, 3.05) is 6.26 Å². The van der Waals surface area contributed by atoms with Gasteiger partial charge >= 0.3 is 0 Å². The molecule has 0 radical (unpaired) electrons. The third-order valence-electron chi connectivity index (χ3n) is 3.80. The lowest BCUT2D eigenvalue weighted by atomic mass is 9.78. The molecule has 0 N–H and O–H groups in total. The first-order valence-electron chi connectivity index (χ1n) is 6.61. The zero-order valence-electron chi connectivity index (χ0n) is 11.5. The van der Waals surface area contributed by atoms with Gasteiger partial charge in [0.25, 0.3) is 0 Å². The molecule has 20 heavy (non-hydrogen) atoms. The molecule has 0 unspecified atom stereocenters. The molecule has 1 rings (SSSR count). The molecule has 0 aromatic heterocycles. The maximum atomic E-state index is 9.17. The van der Waals surface area contributed by atoms with Crippen LogP contribution < -0.4 is 0 Å². The Morgan fingerprint density at radius 1 is 1.00 bits per heavy atom. The molecule has 0 heterocycles. The van der Waals surface area contributed by atoms with E-state index in [0.29, 0.717) is 0 Å². The third kappa shape index (κ3) is 3.54. The topological polar surface area (TPSA) is 95.2 Å². The number of hydrogen-bond acceptors (Lipinski definition) is 5. The minimum Gasteiger partial charge on any atom is -0.197 e. The Labute approximate surface area is 124 Å². The average molecular weight is 284 g/mol. The molecule has 0 bridgehead atoms. The quantitative estimate of drug-likeness (QED) is 0.583. The largest absolute Gasteiger partial charge is 0.197 e. The van der Waals surface area contributed by atoms with Gasteiger partial charge in [-0.15, -0.1) is 11.8 Å². The summed E-state index contributed by atoms with van der Waals surface area (Å²) in [5.41, 5.74) is 0.129. The van der Waals surface area contributed by atoms with Gasteiger partial charge in [0.2, 0.25) is 0 Å². The van der Waals surface area contributed by atoms with E-state index in [-0.39, 0.29) is 17.4 Å². The van der Waals surface area contributed by atoms with Crippen LogP contribution in [-0.4, -0.2) is 6.26 Å². The molecule has 0 amide bonds. The van der Waals surface area contributed by atoms with Crippen LogP contribution in [0.5, 0.6) is 0 Å². The van der Waals surface area contributed by atoms with Crippen molar-refractivity contribution in [1.29, 1.82) is 21.0 Å². The van der Waals surface area contributed by atoms with Gasteiger partial charge in [-0.3, -0.25) is 0 Å². The molecule has 0 aromatic carbocycles. The highest BCUT2D eigenvalue weighted by Gasteiger charge is 2.34. The SMILES string of the molecule is CSC(=C(C#N)C#N)[C@H]1CCCCC[C@@H]1C(C#N)C#N. The number of rotatable bonds is 3. The minimum atomic E-state index is -0.668. The molecule has 1 aliphatic carbocycles. The summed E-state index contributed by atoms with van der Waals surface area (Å²) in [5.74, 6) is -0.767. The fourth-order valence-electron chi connectivity index (χ4n) is 2.86. The number of thioether (sulfide) groups is 1. The number of allylic oxidation sites excluding steroid dienone is 2. The van der Waals surface area contributed by atoms with Crippen molar-refractivity contribution in [3.8, 4) is 24.3 Å². The van der Waals surface area contributed by atoms with Crippen LogP contribution in [0.4, 0.5) is 0 Å². The van der Waals surface area contributed by atoms with E-state index in [0.717, 1.165) is 37.0 Å². The summed E-state index contributed by atoms with van der Waals surface area (Å²) in [7, 11) is 0. The molecule has 0 aliphatic heterocycles. The Bertz CT molecular complexity index is 508. The lowest BCUT2D eigenvalue weighted by Gasteiger charge is -2.27. The van der Waals surface area contributed by atoms with Crippen LogP contribution >= 0.6 is 11.8 Å². The van der Waals surface area contributed by atoms with Gasteiger partial charge in [0.15, 0.2) is 0 Å². The van der Waals surface area contributed by atoms with Gasteiger partial charge in [-0.05, 0) is 30.9 Å². The van der Waals surface area contributed by atoms with Crippen molar-refractivity contribution in [1.82, 2.24) is 0 Å². The highest BCUT2D eigenvalue weighted by Crippen LogP contribution is 2.42. The molecule has 1 fully saturated rings. The van der Waals surface area contributed by atoms with E-state index >= 15 is 0 Å². The second kappa shape index (κ2) is 8.27. The van der Waals surface area contributed by atoms with Crippen LogP contribution in [-0.2, 0) is 0 Å². The average Bonchev–Trinajstić information content (AvgIpc) is 2.72. The minimum absolute atomic E-state index is 0.0221. The van der Waals surface area contributed by atoms with Crippen LogP contribution in [0.3, 0.4) is 0 Å². The van der Waals surface area contributed by atoms with E-state index in [2.05, 4.69) is 12.1 Å². The molecule has 2 atom stereocenters. The fourth-order valence-corrected chi connectivity index (χ4v) is 3.75. The third-order valence-corrected chi connectivity index (χ3v) is 4.75. The van der Waals surface area contributed by atoms with Gasteiger partial charge in [-0.25, -0.2) is 0 Å². The molecule has 102 valence electrons. The lowest BCUT2D eigenvalue weighted by Crippen LogP contribution is -2.22. The van der Waals surface area contributed by atoms with Crippen molar-refractivity contribution in [3.05, 3.63) is 10.5 Å². The molecular weight excluding hydrogens is 268 g/mol. The first-order chi connectivity index (χ1) is 9.73. The predicted molar refractivity (Wildman–Crippen MR) is 76.5 cm³/mol. The fraction of sp³-hybridized carbons (Fsp3) is 0.600. The maximum Gasteiger partial charge on any atom is 0.139 e. The highest BCUT2D eigenvalue weighted by molar-refractivity contribution is 8.02. The zero-order valence-corrected chi connectivity index (χ0v) is 12.3. The Morgan fingerprint density at radius 3 is 2.10 bits per heavy atom. The van der Waals surface area contributed by atoms with Gasteiger partial charge in [-0.2, -0.15) is 21.0 Å². The van der Waals surface area contributed by atoms with E-state index in [1.165, 1.54) is 11.8 Å². The molecule has 0 spiro atoms. The first-order valence-corrected chi connectivity index (χ1v) is 7.83. The van der Waals surface area contributed by atoms with Crippen molar-refractivity contribution in [3.63, 3.8) is 0 Å². The van der Waals surface area contributed by atoms with E-state index < -0.39 is 5.92 Å². The monoisotopic (exact) mass is 284 g/mol. The summed E-state index contributed by atoms with van der Waals surface area (Å²) < 4.78 is 0. The summed E-state index contributed by atoms with van der Waals surface area (Å²) in [6, 6.07) is 8.04. The summed E-state index contributed by atoms with van der Waals surface area (Å²) in [6.45, 7) is 0. The van der Waals surface area contributed by atoms with Crippen LogP contribution in [0.15, 0.2) is 10.5 Å². The summed E-state index contributed by atoms with van der Waals surface area (Å²) in [5, 5.41) is 36.5. The Balaban J connectivity index is 3.25. The normalized spacial score (nSPS) is 21.7. The van der Waals surface area contributed by atoms with Gasteiger partial charge < -0.3 is 0 Å². The van der Waals surface area contributed by atoms with Crippen LogP contribution in [0.25, 0.3) is 0 Å². The first kappa shape index (κ1) is 16.1. The number of nitrogens with zero attached hydrogens (tertiary/aromatic N) is 4. The van der Waals surface area contributed by atoms with E-state index in [1.54, 1.807) is 0 Å². The Hall–Kier alpha value is -1.95. The summed E-state index contributed by atoms with van der Waals surface area (Å²) in [4.78, 5) is 0.748. The van der Waals surface area contributed by atoms with Gasteiger partial charge in [0.05, 0.1) is 12.1 Å². The zero-order chi connectivity index (χ0) is 15.0. The van der Waals surface area contributed by atoms with E-state index in [4.69, 9.17) is 21.0 Å². The van der Waals surface area contributed by atoms with E-state index in [9.17, 15) is 0 Å². The second-order valence-corrected chi connectivity index (χ2v) is 5.66. The van der Waals surface area contributed by atoms with Crippen molar-refractivity contribution in [2.45, 2.75) is 32.1 Å². The lowest BCUT2D eigenvalue weighted by molar-refractivity contribution is 0.329. The number of hydrogen-bond donors (Lipinski definition) is 0. The van der Waals surface area contributed by atoms with Gasteiger partial charge in [-0.1, -0.05) is 19.3 Å². The van der Waals surface area contributed by atoms with Crippen LogP contribution in [0.1, 0.15) is 32.1 Å². The van der Waals surface area contributed by atoms with Crippen LogP contribution in [0.2, 0.25) is 0 Å². The molecule has 1 aliphatic rings. The second-order valence-electron chi connectivity index (χ2n) is 4.81. The van der Waals surface area contributed by atoms with E-state index in [1.807, 2.05) is 18.4 Å². The van der Waals surface area contributed by atoms with Crippen LogP contribution in [0, 0.1) is 63.1 Å². The Kier molecular flexibility index (Phi) is 6.66. The molecule has 1 saturated carbocycles. The summed E-state index contributed by atoms with van der Waals surface area (Å²) in [6.07, 6.45) is 6.58. The molecular formula is C15H16N4S. The number of nitriles is 4. The van der Waals surface area contributed by atoms with Gasteiger partial charge in [0.1, 0.15) is 23.6 Å². The standard InChI is InChI=1S/C15H16N4S/c1-20-15(12(9-18)10-19)14-6-4-2-3-5-13(14)11(7-16)8-17/h11,13-14H,2-6H2,1H3/t13-,14+/m1/s1.